The molecule has 1 aromatic carbocycles. The smallest absolute Gasteiger partial charge is 0.254 e. The minimum absolute atomic E-state index is 0.147. The third-order valence-electron chi connectivity index (χ3n) is 4.67. The van der Waals surface area contributed by atoms with Crippen molar-refractivity contribution in [1.29, 1.82) is 0 Å². The minimum Gasteiger partial charge on any atom is -0.497 e. The van der Waals surface area contributed by atoms with E-state index in [0.29, 0.717) is 24.0 Å². The Morgan fingerprint density at radius 1 is 1.35 bits per heavy atom. The molecule has 1 aromatic heterocycles. The summed E-state index contributed by atoms with van der Waals surface area (Å²) in [5.41, 5.74) is 1.61. The van der Waals surface area contributed by atoms with Gasteiger partial charge in [0, 0.05) is 32.0 Å². The van der Waals surface area contributed by atoms with Crippen molar-refractivity contribution in [2.75, 3.05) is 31.6 Å². The summed E-state index contributed by atoms with van der Waals surface area (Å²) in [6.45, 7) is 4.76. The van der Waals surface area contributed by atoms with E-state index in [1.807, 2.05) is 24.3 Å². The Bertz CT molecular complexity index is 733. The van der Waals surface area contributed by atoms with Crippen molar-refractivity contribution < 1.29 is 9.53 Å². The van der Waals surface area contributed by atoms with Crippen molar-refractivity contribution in [3.63, 3.8) is 0 Å². The first-order valence-corrected chi connectivity index (χ1v) is 9.14. The van der Waals surface area contributed by atoms with Crippen molar-refractivity contribution in [3.8, 4) is 5.75 Å². The molecule has 1 atom stereocenters. The molecule has 1 fully saturated rings. The van der Waals surface area contributed by atoms with Crippen LogP contribution in [0.15, 0.2) is 36.7 Å². The fourth-order valence-electron chi connectivity index (χ4n) is 3.22. The van der Waals surface area contributed by atoms with E-state index >= 15 is 0 Å². The van der Waals surface area contributed by atoms with E-state index < -0.39 is 0 Å². The Kier molecular flexibility index (Phi) is 6.04. The van der Waals surface area contributed by atoms with Crippen molar-refractivity contribution >= 4 is 11.9 Å². The second kappa shape index (κ2) is 8.65. The largest absolute Gasteiger partial charge is 0.497 e. The highest BCUT2D eigenvalue weighted by atomic mass is 16.5. The number of benzene rings is 1. The van der Waals surface area contributed by atoms with Crippen LogP contribution in [0.1, 0.15) is 35.7 Å². The first-order chi connectivity index (χ1) is 12.7. The molecule has 0 spiro atoms. The number of carbonyl (C=O) groups is 1. The number of amides is 1. The van der Waals surface area contributed by atoms with Gasteiger partial charge < -0.3 is 15.0 Å². The summed E-state index contributed by atoms with van der Waals surface area (Å²) >= 11 is 0. The monoisotopic (exact) mass is 354 g/mol. The van der Waals surface area contributed by atoms with Crippen LogP contribution in [0.2, 0.25) is 0 Å². The number of nitrogens with zero attached hydrogens (tertiary/aromatic N) is 3. The number of methoxy groups -OCH3 is 1. The summed E-state index contributed by atoms with van der Waals surface area (Å²) < 4.78 is 5.21. The van der Waals surface area contributed by atoms with Gasteiger partial charge in [-0.1, -0.05) is 19.1 Å². The Hall–Kier alpha value is -2.63. The highest BCUT2D eigenvalue weighted by Crippen LogP contribution is 2.19. The molecule has 1 unspecified atom stereocenters. The van der Waals surface area contributed by atoms with E-state index in [1.165, 1.54) is 6.42 Å². The minimum atomic E-state index is -0.147. The van der Waals surface area contributed by atoms with Gasteiger partial charge in [-0.05, 0) is 42.9 Å². The topological polar surface area (TPSA) is 67.3 Å². The Balaban J connectivity index is 1.51. The van der Waals surface area contributed by atoms with E-state index in [9.17, 15) is 4.79 Å². The lowest BCUT2D eigenvalue weighted by atomic mass is 10.0. The van der Waals surface area contributed by atoms with Gasteiger partial charge in [0.1, 0.15) is 5.75 Å². The molecule has 0 bridgehead atoms. The van der Waals surface area contributed by atoms with E-state index in [-0.39, 0.29) is 5.91 Å². The van der Waals surface area contributed by atoms with E-state index in [2.05, 4.69) is 27.1 Å². The Morgan fingerprint density at radius 3 is 2.88 bits per heavy atom. The summed E-state index contributed by atoms with van der Waals surface area (Å²) in [4.78, 5) is 23.2. The number of nitrogens with one attached hydrogen (secondary N) is 1. The van der Waals surface area contributed by atoms with Gasteiger partial charge in [-0.15, -0.1) is 0 Å². The van der Waals surface area contributed by atoms with Crippen LogP contribution >= 0.6 is 0 Å². The molecule has 1 amide bonds. The lowest BCUT2D eigenvalue weighted by Gasteiger charge is -2.30. The van der Waals surface area contributed by atoms with Crippen LogP contribution in [0.5, 0.6) is 5.75 Å². The van der Waals surface area contributed by atoms with E-state index in [4.69, 9.17) is 4.74 Å². The summed E-state index contributed by atoms with van der Waals surface area (Å²) in [5.74, 6) is 2.05. The molecule has 1 aliphatic heterocycles. The maximum Gasteiger partial charge on any atom is 0.254 e. The van der Waals surface area contributed by atoms with Crippen molar-refractivity contribution in [2.45, 2.75) is 26.2 Å². The van der Waals surface area contributed by atoms with E-state index in [1.54, 1.807) is 19.5 Å². The van der Waals surface area contributed by atoms with Gasteiger partial charge in [0.25, 0.3) is 5.91 Å². The molecule has 26 heavy (non-hydrogen) atoms. The second-order valence-electron chi connectivity index (χ2n) is 6.82. The molecule has 138 valence electrons. The average molecular weight is 354 g/mol. The normalized spacial score (nSPS) is 17.0. The van der Waals surface area contributed by atoms with Crippen LogP contribution < -0.4 is 15.0 Å². The lowest BCUT2D eigenvalue weighted by Crippen LogP contribution is -2.35. The van der Waals surface area contributed by atoms with Crippen LogP contribution in [-0.2, 0) is 6.42 Å². The molecule has 6 heteroatoms. The second-order valence-corrected chi connectivity index (χ2v) is 6.82. The number of ether oxygens (including phenoxy) is 1. The zero-order valence-corrected chi connectivity index (χ0v) is 15.4. The predicted octanol–water partition coefficient (Wildman–Crippen LogP) is 2.69. The van der Waals surface area contributed by atoms with Gasteiger partial charge in [0.05, 0.1) is 12.7 Å². The zero-order valence-electron chi connectivity index (χ0n) is 15.4. The molecule has 1 N–H and O–H groups in total. The number of anilines is 1. The number of aromatic nitrogens is 2. The number of piperidine rings is 1. The number of carbonyl (C=O) groups excluding carboxylic acids is 1. The van der Waals surface area contributed by atoms with Gasteiger partial charge >= 0.3 is 0 Å². The molecule has 2 aromatic rings. The maximum atomic E-state index is 12.3. The van der Waals surface area contributed by atoms with Crippen LogP contribution in [0, 0.1) is 5.92 Å². The molecular weight excluding hydrogens is 328 g/mol. The molecule has 1 aliphatic rings. The summed E-state index contributed by atoms with van der Waals surface area (Å²) in [6.07, 6.45) is 6.39. The maximum absolute atomic E-state index is 12.3. The number of hydrogen-bond acceptors (Lipinski definition) is 5. The molecule has 0 radical (unpaired) electrons. The molecule has 0 saturated carbocycles. The summed E-state index contributed by atoms with van der Waals surface area (Å²) in [5, 5.41) is 2.92. The van der Waals surface area contributed by atoms with Crippen molar-refractivity contribution in [1.82, 2.24) is 15.3 Å². The van der Waals surface area contributed by atoms with Crippen molar-refractivity contribution in [3.05, 3.63) is 47.8 Å². The molecule has 2 heterocycles. The molecule has 6 nitrogen and oxygen atoms in total. The first kappa shape index (κ1) is 18.2. The van der Waals surface area contributed by atoms with Gasteiger partial charge in [-0.25, -0.2) is 9.97 Å². The Morgan fingerprint density at radius 2 is 2.15 bits per heavy atom. The van der Waals surface area contributed by atoms with Gasteiger partial charge in [-0.2, -0.15) is 0 Å². The van der Waals surface area contributed by atoms with Crippen LogP contribution in [0.4, 0.5) is 5.95 Å². The van der Waals surface area contributed by atoms with Crippen LogP contribution in [0.25, 0.3) is 0 Å². The molecular formula is C20H26N4O2. The van der Waals surface area contributed by atoms with Gasteiger partial charge in [0.15, 0.2) is 0 Å². The predicted molar refractivity (Wildman–Crippen MR) is 102 cm³/mol. The fourth-order valence-corrected chi connectivity index (χ4v) is 3.22. The van der Waals surface area contributed by atoms with E-state index in [0.717, 1.165) is 37.2 Å². The highest BCUT2D eigenvalue weighted by Gasteiger charge is 2.18. The number of rotatable bonds is 6. The summed E-state index contributed by atoms with van der Waals surface area (Å²) in [6, 6.07) is 7.85. The highest BCUT2D eigenvalue weighted by molar-refractivity contribution is 5.93. The average Bonchev–Trinajstić information content (AvgIpc) is 2.68. The first-order valence-electron chi connectivity index (χ1n) is 9.14. The molecule has 3 rings (SSSR count). The fraction of sp³-hybridized carbons (Fsp3) is 0.450. The third-order valence-corrected chi connectivity index (χ3v) is 4.67. The lowest BCUT2D eigenvalue weighted by molar-refractivity contribution is 0.0953. The summed E-state index contributed by atoms with van der Waals surface area (Å²) in [7, 11) is 1.65. The van der Waals surface area contributed by atoms with Gasteiger partial charge in [0.2, 0.25) is 5.95 Å². The molecule has 0 aliphatic carbocycles. The molecule has 1 saturated heterocycles. The number of hydrogen-bond donors (Lipinski definition) is 1. The SMILES string of the molecule is COc1cccc(CCNC(=O)c2cnc(N3CCCC(C)C3)nc2)c1. The zero-order chi connectivity index (χ0) is 18.4. The van der Waals surface area contributed by atoms with Gasteiger partial charge in [-0.3, -0.25) is 4.79 Å². The quantitative estimate of drug-likeness (QED) is 0.864. The third kappa shape index (κ3) is 4.71. The Labute approximate surface area is 154 Å². The van der Waals surface area contributed by atoms with Crippen LogP contribution in [0.3, 0.4) is 0 Å². The standard InChI is InChI=1S/C20H26N4O2/c1-15-5-4-10-24(14-15)20-22-12-17(13-23-20)19(25)21-9-8-16-6-3-7-18(11-16)26-2/h3,6-7,11-13,15H,4-5,8-10,14H2,1-2H3,(H,21,25). The van der Waals surface area contributed by atoms with Crippen molar-refractivity contribution in [2.24, 2.45) is 5.92 Å². The van der Waals surface area contributed by atoms with Crippen LogP contribution in [-0.4, -0.2) is 42.6 Å².